The number of hydrogen-bond acceptors (Lipinski definition) is 4. The summed E-state index contributed by atoms with van der Waals surface area (Å²) in [5.74, 6) is 0.358. The number of likely N-dealkylation sites (N-methyl/N-ethyl adjacent to an activating group) is 1. The van der Waals surface area contributed by atoms with Crippen LogP contribution in [0, 0.1) is 5.82 Å². The van der Waals surface area contributed by atoms with Crippen molar-refractivity contribution in [1.29, 1.82) is 0 Å². The first-order chi connectivity index (χ1) is 12.4. The van der Waals surface area contributed by atoms with Crippen molar-refractivity contribution in [3.8, 4) is 11.5 Å². The molecule has 2 rings (SSSR count). The molecule has 0 saturated carbocycles. The molecule has 26 heavy (non-hydrogen) atoms. The summed E-state index contributed by atoms with van der Waals surface area (Å²) in [5, 5.41) is 2.89. The molecule has 0 aliphatic carbocycles. The van der Waals surface area contributed by atoms with Gasteiger partial charge < -0.3 is 19.7 Å². The van der Waals surface area contributed by atoms with Gasteiger partial charge in [-0.2, -0.15) is 0 Å². The Labute approximate surface area is 161 Å². The number of nitrogens with zero attached hydrogens (tertiary/aromatic N) is 1. The topological polar surface area (TPSA) is 50.8 Å². The van der Waals surface area contributed by atoms with Crippen molar-refractivity contribution >= 4 is 21.8 Å². The van der Waals surface area contributed by atoms with Crippen LogP contribution in [-0.2, 0) is 0 Å². The molecular weight excluding hydrogens is 403 g/mol. The molecule has 0 fully saturated rings. The molecule has 1 atom stereocenters. The number of carbonyl (C=O) groups excluding carboxylic acids is 1. The fourth-order valence-corrected chi connectivity index (χ4v) is 3.26. The Balaban J connectivity index is 2.22. The van der Waals surface area contributed by atoms with Gasteiger partial charge in [0.15, 0.2) is 0 Å². The Bertz CT molecular complexity index is 783. The zero-order valence-corrected chi connectivity index (χ0v) is 16.8. The first-order valence-electron chi connectivity index (χ1n) is 7.99. The van der Waals surface area contributed by atoms with Crippen LogP contribution < -0.4 is 14.8 Å². The molecule has 0 unspecified atom stereocenters. The van der Waals surface area contributed by atoms with Gasteiger partial charge in [0.05, 0.1) is 30.3 Å². The third-order valence-corrected chi connectivity index (χ3v) is 4.60. The van der Waals surface area contributed by atoms with Crippen LogP contribution in [0.15, 0.2) is 40.9 Å². The third-order valence-electron chi connectivity index (χ3n) is 4.01. The fourth-order valence-electron chi connectivity index (χ4n) is 2.66. The largest absolute Gasteiger partial charge is 0.497 e. The zero-order chi connectivity index (χ0) is 19.3. The maximum Gasteiger partial charge on any atom is 0.255 e. The molecule has 1 amide bonds. The van der Waals surface area contributed by atoms with Crippen molar-refractivity contribution in [3.05, 3.63) is 57.8 Å². The van der Waals surface area contributed by atoms with Crippen molar-refractivity contribution in [3.63, 3.8) is 0 Å². The molecule has 1 N–H and O–H groups in total. The quantitative estimate of drug-likeness (QED) is 0.736. The van der Waals surface area contributed by atoms with E-state index in [4.69, 9.17) is 9.47 Å². The SMILES string of the molecule is COc1cc(Br)c(OC)c(C(=O)NC[C@@H](c2cccc(F)c2)N(C)C)c1. The fraction of sp³-hybridized carbons (Fsp3) is 0.316. The summed E-state index contributed by atoms with van der Waals surface area (Å²) >= 11 is 3.38. The lowest BCUT2D eigenvalue weighted by atomic mass is 10.1. The van der Waals surface area contributed by atoms with Crippen molar-refractivity contribution in [2.24, 2.45) is 0 Å². The number of ether oxygens (including phenoxy) is 2. The highest BCUT2D eigenvalue weighted by Crippen LogP contribution is 2.33. The smallest absolute Gasteiger partial charge is 0.255 e. The standard InChI is InChI=1S/C19H22BrFN2O3/c1-23(2)17(12-6-5-7-13(21)8-12)11-22-19(24)15-9-14(25-3)10-16(20)18(15)26-4/h5-10,17H,11H2,1-4H3,(H,22,24)/t17-/m0/s1. The summed E-state index contributed by atoms with van der Waals surface area (Å²) in [6, 6.07) is 9.53. The van der Waals surface area contributed by atoms with Crippen LogP contribution >= 0.6 is 15.9 Å². The lowest BCUT2D eigenvalue weighted by molar-refractivity contribution is 0.0938. The predicted octanol–water partition coefficient (Wildman–Crippen LogP) is 3.64. The average molecular weight is 425 g/mol. The van der Waals surface area contributed by atoms with E-state index in [1.54, 1.807) is 18.2 Å². The van der Waals surface area contributed by atoms with Gasteiger partial charge in [-0.3, -0.25) is 4.79 Å². The van der Waals surface area contributed by atoms with Crippen LogP contribution in [0.3, 0.4) is 0 Å². The van der Waals surface area contributed by atoms with Gasteiger partial charge in [-0.25, -0.2) is 4.39 Å². The molecule has 140 valence electrons. The van der Waals surface area contributed by atoms with Crippen molar-refractivity contribution in [2.45, 2.75) is 6.04 Å². The van der Waals surface area contributed by atoms with Crippen LogP contribution in [0.1, 0.15) is 22.0 Å². The molecule has 2 aromatic carbocycles. The lowest BCUT2D eigenvalue weighted by Crippen LogP contribution is -2.34. The van der Waals surface area contributed by atoms with E-state index in [0.29, 0.717) is 28.1 Å². The molecule has 0 bridgehead atoms. The second-order valence-corrected chi connectivity index (χ2v) is 6.79. The Hall–Kier alpha value is -2.12. The Kier molecular flexibility index (Phi) is 6.99. The second-order valence-electron chi connectivity index (χ2n) is 5.93. The van der Waals surface area contributed by atoms with E-state index in [9.17, 15) is 9.18 Å². The van der Waals surface area contributed by atoms with Crippen molar-refractivity contribution in [1.82, 2.24) is 10.2 Å². The van der Waals surface area contributed by atoms with Gasteiger partial charge in [0.2, 0.25) is 0 Å². The van der Waals surface area contributed by atoms with Crippen LogP contribution in [0.5, 0.6) is 11.5 Å². The van der Waals surface area contributed by atoms with E-state index in [2.05, 4.69) is 21.2 Å². The number of nitrogens with one attached hydrogen (secondary N) is 1. The van der Waals surface area contributed by atoms with E-state index < -0.39 is 0 Å². The Morgan fingerprint density at radius 2 is 1.96 bits per heavy atom. The van der Waals surface area contributed by atoms with E-state index in [0.717, 1.165) is 5.56 Å². The maximum absolute atomic E-state index is 13.5. The van der Waals surface area contributed by atoms with Gasteiger partial charge in [0.1, 0.15) is 17.3 Å². The summed E-state index contributed by atoms with van der Waals surface area (Å²) < 4.78 is 24.7. The van der Waals surface area contributed by atoms with Gasteiger partial charge in [0, 0.05) is 6.54 Å². The van der Waals surface area contributed by atoms with Gasteiger partial charge in [0.25, 0.3) is 5.91 Å². The van der Waals surface area contributed by atoms with E-state index in [1.807, 2.05) is 25.1 Å². The monoisotopic (exact) mass is 424 g/mol. The van der Waals surface area contributed by atoms with Crippen molar-refractivity contribution < 1.29 is 18.7 Å². The Morgan fingerprint density at radius 3 is 2.54 bits per heavy atom. The van der Waals surface area contributed by atoms with Gasteiger partial charge in [-0.05, 0) is 59.9 Å². The van der Waals surface area contributed by atoms with Gasteiger partial charge in [-0.1, -0.05) is 12.1 Å². The number of carbonyl (C=O) groups is 1. The number of benzene rings is 2. The third kappa shape index (κ3) is 4.74. The first kappa shape index (κ1) is 20.2. The van der Waals surface area contributed by atoms with E-state index in [-0.39, 0.29) is 17.8 Å². The zero-order valence-electron chi connectivity index (χ0n) is 15.2. The molecule has 0 saturated heterocycles. The molecule has 0 aromatic heterocycles. The number of methoxy groups -OCH3 is 2. The summed E-state index contributed by atoms with van der Waals surface area (Å²) in [7, 11) is 6.79. The van der Waals surface area contributed by atoms with E-state index >= 15 is 0 Å². The molecule has 7 heteroatoms. The average Bonchev–Trinajstić information content (AvgIpc) is 2.60. The minimum Gasteiger partial charge on any atom is -0.497 e. The molecule has 2 aromatic rings. The molecule has 0 radical (unpaired) electrons. The molecule has 0 aliphatic heterocycles. The molecule has 0 aliphatic rings. The highest BCUT2D eigenvalue weighted by molar-refractivity contribution is 9.10. The van der Waals surface area contributed by atoms with E-state index in [1.165, 1.54) is 26.4 Å². The number of halogens is 2. The Morgan fingerprint density at radius 1 is 1.23 bits per heavy atom. The second kappa shape index (κ2) is 9.00. The maximum atomic E-state index is 13.5. The summed E-state index contributed by atoms with van der Waals surface area (Å²) in [6.45, 7) is 0.313. The van der Waals surface area contributed by atoms with Crippen molar-refractivity contribution in [2.75, 3.05) is 34.9 Å². The van der Waals surface area contributed by atoms with Crippen LogP contribution in [0.2, 0.25) is 0 Å². The first-order valence-corrected chi connectivity index (χ1v) is 8.78. The predicted molar refractivity (Wildman–Crippen MR) is 102 cm³/mol. The number of amides is 1. The molecule has 0 spiro atoms. The normalized spacial score (nSPS) is 12.0. The molecular formula is C19H22BrFN2O3. The summed E-state index contributed by atoms with van der Waals surface area (Å²) in [6.07, 6.45) is 0. The number of rotatable bonds is 7. The molecule has 0 heterocycles. The van der Waals surface area contributed by atoms with Crippen LogP contribution in [0.25, 0.3) is 0 Å². The van der Waals surface area contributed by atoms with Gasteiger partial charge in [-0.15, -0.1) is 0 Å². The lowest BCUT2D eigenvalue weighted by Gasteiger charge is -2.25. The summed E-state index contributed by atoms with van der Waals surface area (Å²) in [4.78, 5) is 14.6. The highest BCUT2D eigenvalue weighted by Gasteiger charge is 2.20. The van der Waals surface area contributed by atoms with Gasteiger partial charge >= 0.3 is 0 Å². The minimum absolute atomic E-state index is 0.172. The minimum atomic E-state index is -0.306. The van der Waals surface area contributed by atoms with Crippen LogP contribution in [0.4, 0.5) is 4.39 Å². The molecule has 5 nitrogen and oxygen atoms in total. The van der Waals surface area contributed by atoms with Crippen LogP contribution in [-0.4, -0.2) is 45.7 Å². The summed E-state index contributed by atoms with van der Waals surface area (Å²) in [5.41, 5.74) is 1.14. The highest BCUT2D eigenvalue weighted by atomic mass is 79.9. The number of hydrogen-bond donors (Lipinski definition) is 1.